The molecule has 0 radical (unpaired) electrons. The smallest absolute Gasteiger partial charge is 0.416 e. The number of aliphatic hydroxyl groups is 1. The number of esters is 1. The molecule has 38 heavy (non-hydrogen) atoms. The van der Waals surface area contributed by atoms with Gasteiger partial charge in [-0.3, -0.25) is 4.79 Å². The standard InChI is InChI=1S/C28H25F3N4O3/c29-28(30,31)20-8-4-7-19(13-20)26-25(18-9-11-33-23(32)14-18)34-27(17-5-2-1-3-6-17)35(26)12-10-22-15-21(36)16-24(37)38-22/h1-9,11,13-14,21-22,36H,10,12,15-16H2,(H2,32,33)/t21-,22+/m1/s1. The molecule has 7 nitrogen and oxygen atoms in total. The van der Waals surface area contributed by atoms with E-state index in [1.165, 1.54) is 12.3 Å². The van der Waals surface area contributed by atoms with E-state index in [-0.39, 0.29) is 25.2 Å². The van der Waals surface area contributed by atoms with Crippen molar-refractivity contribution in [2.75, 3.05) is 5.73 Å². The highest BCUT2D eigenvalue weighted by Gasteiger charge is 2.32. The lowest BCUT2D eigenvalue weighted by Gasteiger charge is -2.26. The maximum atomic E-state index is 13.7. The Kier molecular flexibility index (Phi) is 6.90. The number of aromatic nitrogens is 3. The van der Waals surface area contributed by atoms with E-state index in [1.54, 1.807) is 18.2 Å². The number of aliphatic hydroxyl groups excluding tert-OH is 1. The molecule has 1 aliphatic heterocycles. The number of nitrogens with zero attached hydrogens (tertiary/aromatic N) is 3. The third kappa shape index (κ3) is 5.40. The van der Waals surface area contributed by atoms with Crippen molar-refractivity contribution >= 4 is 11.8 Å². The van der Waals surface area contributed by atoms with Gasteiger partial charge in [0.05, 0.1) is 29.5 Å². The Balaban J connectivity index is 1.69. The van der Waals surface area contributed by atoms with Crippen molar-refractivity contribution in [2.24, 2.45) is 0 Å². The number of pyridine rings is 1. The number of hydrogen-bond acceptors (Lipinski definition) is 6. The summed E-state index contributed by atoms with van der Waals surface area (Å²) in [5.74, 6) is 0.302. The van der Waals surface area contributed by atoms with E-state index in [2.05, 4.69) is 4.98 Å². The molecular weight excluding hydrogens is 497 g/mol. The van der Waals surface area contributed by atoms with Crippen LogP contribution in [0.25, 0.3) is 33.9 Å². The highest BCUT2D eigenvalue weighted by molar-refractivity contribution is 5.83. The fourth-order valence-corrected chi connectivity index (χ4v) is 4.72. The maximum Gasteiger partial charge on any atom is 0.416 e. The van der Waals surface area contributed by atoms with Gasteiger partial charge in [-0.25, -0.2) is 9.97 Å². The molecule has 4 aromatic rings. The number of ether oxygens (including phenoxy) is 1. The van der Waals surface area contributed by atoms with Crippen LogP contribution in [0.15, 0.2) is 72.9 Å². The average Bonchev–Trinajstić information content (AvgIpc) is 3.27. The van der Waals surface area contributed by atoms with Gasteiger partial charge in [0, 0.05) is 42.3 Å². The summed E-state index contributed by atoms with van der Waals surface area (Å²) in [6.45, 7) is 0.272. The predicted molar refractivity (Wildman–Crippen MR) is 135 cm³/mol. The SMILES string of the molecule is Nc1cc(-c2nc(-c3ccccc3)n(CC[C@H]3C[C@@H](O)CC(=O)O3)c2-c2cccc(C(F)(F)F)c2)ccn1. The van der Waals surface area contributed by atoms with E-state index in [9.17, 15) is 23.1 Å². The molecule has 1 fully saturated rings. The monoisotopic (exact) mass is 522 g/mol. The van der Waals surface area contributed by atoms with Gasteiger partial charge in [-0.05, 0) is 24.3 Å². The molecule has 0 unspecified atom stereocenters. The first-order valence-electron chi connectivity index (χ1n) is 12.1. The number of imidazole rings is 1. The Morgan fingerprint density at radius 3 is 2.50 bits per heavy atom. The lowest BCUT2D eigenvalue weighted by atomic mass is 10.0. The van der Waals surface area contributed by atoms with E-state index in [0.717, 1.165) is 17.7 Å². The second-order valence-corrected chi connectivity index (χ2v) is 9.19. The molecule has 0 spiro atoms. The number of carbonyl (C=O) groups is 1. The van der Waals surface area contributed by atoms with Crippen molar-refractivity contribution in [3.8, 4) is 33.9 Å². The summed E-state index contributed by atoms with van der Waals surface area (Å²) in [6.07, 6.45) is -3.78. The largest absolute Gasteiger partial charge is 0.462 e. The molecule has 2 aromatic heterocycles. The Labute approximate surface area is 216 Å². The predicted octanol–water partition coefficient (Wildman–Crippen LogP) is 5.34. The molecule has 10 heteroatoms. The molecule has 1 saturated heterocycles. The summed E-state index contributed by atoms with van der Waals surface area (Å²) in [4.78, 5) is 20.8. The molecule has 2 aromatic carbocycles. The van der Waals surface area contributed by atoms with Gasteiger partial charge in [-0.2, -0.15) is 13.2 Å². The number of anilines is 1. The zero-order valence-corrected chi connectivity index (χ0v) is 20.2. The van der Waals surface area contributed by atoms with Crippen molar-refractivity contribution in [3.05, 3.63) is 78.5 Å². The normalized spacial score (nSPS) is 17.8. The summed E-state index contributed by atoms with van der Waals surface area (Å²) in [5, 5.41) is 10.1. The second kappa shape index (κ2) is 10.3. The third-order valence-corrected chi connectivity index (χ3v) is 6.43. The first-order valence-corrected chi connectivity index (χ1v) is 12.1. The molecule has 0 bridgehead atoms. The van der Waals surface area contributed by atoms with Gasteiger partial charge in [0.2, 0.25) is 0 Å². The molecule has 2 atom stereocenters. The maximum absolute atomic E-state index is 13.7. The lowest BCUT2D eigenvalue weighted by molar-refractivity contribution is -0.160. The Bertz CT molecular complexity index is 1450. The summed E-state index contributed by atoms with van der Waals surface area (Å²) < 4.78 is 48.3. The molecule has 0 amide bonds. The molecule has 3 heterocycles. The minimum Gasteiger partial charge on any atom is -0.462 e. The zero-order chi connectivity index (χ0) is 26.9. The number of hydrogen-bond donors (Lipinski definition) is 2. The number of cyclic esters (lactones) is 1. The second-order valence-electron chi connectivity index (χ2n) is 9.19. The van der Waals surface area contributed by atoms with Gasteiger partial charge in [-0.1, -0.05) is 42.5 Å². The molecule has 5 rings (SSSR count). The van der Waals surface area contributed by atoms with Crippen molar-refractivity contribution in [1.29, 1.82) is 0 Å². The number of nitrogen functional groups attached to an aromatic ring is 1. The minimum atomic E-state index is -4.53. The summed E-state index contributed by atoms with van der Waals surface area (Å²) in [7, 11) is 0. The van der Waals surface area contributed by atoms with E-state index in [4.69, 9.17) is 15.5 Å². The van der Waals surface area contributed by atoms with Gasteiger partial charge < -0.3 is 20.1 Å². The van der Waals surface area contributed by atoms with Crippen LogP contribution in [0.1, 0.15) is 24.8 Å². The van der Waals surface area contributed by atoms with Crippen LogP contribution >= 0.6 is 0 Å². The van der Waals surface area contributed by atoms with E-state index < -0.39 is 29.9 Å². The summed E-state index contributed by atoms with van der Waals surface area (Å²) in [5.41, 5.74) is 7.73. The Morgan fingerprint density at radius 2 is 1.79 bits per heavy atom. The van der Waals surface area contributed by atoms with Crippen LogP contribution in [-0.2, 0) is 22.3 Å². The van der Waals surface area contributed by atoms with Gasteiger partial charge in [0.25, 0.3) is 0 Å². The summed E-state index contributed by atoms with van der Waals surface area (Å²) in [6, 6.07) is 17.7. The van der Waals surface area contributed by atoms with Crippen LogP contribution in [0.3, 0.4) is 0 Å². The highest BCUT2D eigenvalue weighted by Crippen LogP contribution is 2.39. The number of alkyl halides is 3. The van der Waals surface area contributed by atoms with Crippen molar-refractivity contribution in [1.82, 2.24) is 14.5 Å². The minimum absolute atomic E-state index is 0.0556. The van der Waals surface area contributed by atoms with Crippen molar-refractivity contribution in [2.45, 2.75) is 44.2 Å². The van der Waals surface area contributed by atoms with Crippen LogP contribution in [0, 0.1) is 0 Å². The van der Waals surface area contributed by atoms with Crippen LogP contribution < -0.4 is 5.73 Å². The van der Waals surface area contributed by atoms with Crippen LogP contribution in [-0.4, -0.2) is 37.8 Å². The topological polar surface area (TPSA) is 103 Å². The molecule has 1 aliphatic rings. The average molecular weight is 523 g/mol. The Hall–Kier alpha value is -4.18. The molecule has 0 aliphatic carbocycles. The number of benzene rings is 2. The summed E-state index contributed by atoms with van der Waals surface area (Å²) >= 11 is 0. The first kappa shape index (κ1) is 25.5. The highest BCUT2D eigenvalue weighted by atomic mass is 19.4. The van der Waals surface area contributed by atoms with Crippen molar-refractivity contribution in [3.63, 3.8) is 0 Å². The van der Waals surface area contributed by atoms with Crippen LogP contribution in [0.5, 0.6) is 0 Å². The quantitative estimate of drug-likeness (QED) is 0.332. The van der Waals surface area contributed by atoms with Gasteiger partial charge >= 0.3 is 12.1 Å². The molecule has 0 saturated carbocycles. The number of rotatable bonds is 6. The third-order valence-electron chi connectivity index (χ3n) is 6.43. The number of halogens is 3. The fraction of sp³-hybridized carbons (Fsp3) is 0.250. The number of carbonyl (C=O) groups excluding carboxylic acids is 1. The van der Waals surface area contributed by atoms with E-state index >= 15 is 0 Å². The molecule has 196 valence electrons. The molecule has 3 N–H and O–H groups in total. The Morgan fingerprint density at radius 1 is 1.03 bits per heavy atom. The van der Waals surface area contributed by atoms with Crippen molar-refractivity contribution < 1.29 is 27.8 Å². The van der Waals surface area contributed by atoms with Gasteiger partial charge in [0.15, 0.2) is 0 Å². The van der Waals surface area contributed by atoms with Crippen LogP contribution in [0.4, 0.5) is 19.0 Å². The number of nitrogens with two attached hydrogens (primary N) is 1. The zero-order valence-electron chi connectivity index (χ0n) is 20.2. The lowest BCUT2D eigenvalue weighted by Crippen LogP contribution is -2.33. The molecular formula is C28H25F3N4O3. The first-order chi connectivity index (χ1) is 18.2. The van der Waals surface area contributed by atoms with E-state index in [1.807, 2.05) is 34.9 Å². The fourth-order valence-electron chi connectivity index (χ4n) is 4.72. The van der Waals surface area contributed by atoms with Gasteiger partial charge in [0.1, 0.15) is 17.7 Å². The van der Waals surface area contributed by atoms with E-state index in [0.29, 0.717) is 34.8 Å². The van der Waals surface area contributed by atoms with Crippen LogP contribution in [0.2, 0.25) is 0 Å². The van der Waals surface area contributed by atoms with Gasteiger partial charge in [-0.15, -0.1) is 0 Å².